The quantitative estimate of drug-likeness (QED) is 0.245. The Balaban J connectivity index is 1.57. The molecule has 0 aliphatic rings. The molecule has 26 heavy (non-hydrogen) atoms. The number of nitro groups is 1. The van der Waals surface area contributed by atoms with E-state index >= 15 is 0 Å². The molecule has 132 valence electrons. The normalized spacial score (nSPS) is 10.5. The molecule has 0 aliphatic carbocycles. The van der Waals surface area contributed by atoms with Gasteiger partial charge in [0.1, 0.15) is 0 Å². The predicted molar refractivity (Wildman–Crippen MR) is 105 cm³/mol. The number of nitrogens with one attached hydrogen (secondary N) is 1. The Morgan fingerprint density at radius 3 is 2.50 bits per heavy atom. The molecule has 2 aromatic carbocycles. The highest BCUT2D eigenvalue weighted by Gasteiger charge is 2.13. The molecule has 3 aromatic rings. The van der Waals surface area contributed by atoms with E-state index < -0.39 is 4.92 Å². The number of hydrogen-bond acceptors (Lipinski definition) is 7. The van der Waals surface area contributed by atoms with Gasteiger partial charge in [-0.1, -0.05) is 11.8 Å². The van der Waals surface area contributed by atoms with Gasteiger partial charge in [0.05, 0.1) is 10.7 Å². The van der Waals surface area contributed by atoms with Gasteiger partial charge in [-0.2, -0.15) is 0 Å². The van der Waals surface area contributed by atoms with Gasteiger partial charge in [-0.3, -0.25) is 14.9 Å². The molecule has 10 heteroatoms. The number of nitrogens with zero attached hydrogens (tertiary/aromatic N) is 3. The molecule has 0 spiro atoms. The van der Waals surface area contributed by atoms with Crippen LogP contribution in [-0.4, -0.2) is 26.8 Å². The lowest BCUT2D eigenvalue weighted by Crippen LogP contribution is -2.13. The first kappa shape index (κ1) is 18.3. The van der Waals surface area contributed by atoms with Gasteiger partial charge < -0.3 is 9.73 Å². The van der Waals surface area contributed by atoms with Crippen molar-refractivity contribution in [3.05, 3.63) is 62.2 Å². The Morgan fingerprint density at radius 2 is 1.85 bits per heavy atom. The summed E-state index contributed by atoms with van der Waals surface area (Å²) in [6, 6.07) is 13.2. The van der Waals surface area contributed by atoms with Gasteiger partial charge in [-0.25, -0.2) is 0 Å². The van der Waals surface area contributed by atoms with Gasteiger partial charge >= 0.3 is 0 Å². The van der Waals surface area contributed by atoms with E-state index in [0.29, 0.717) is 11.3 Å². The van der Waals surface area contributed by atoms with Crippen LogP contribution in [0.1, 0.15) is 0 Å². The third-order valence-electron chi connectivity index (χ3n) is 3.19. The Bertz CT molecular complexity index is 928. The van der Waals surface area contributed by atoms with E-state index in [1.54, 1.807) is 0 Å². The third-order valence-corrected chi connectivity index (χ3v) is 4.72. The number of halogens is 1. The van der Waals surface area contributed by atoms with Crippen molar-refractivity contribution < 1.29 is 14.1 Å². The van der Waals surface area contributed by atoms with Crippen LogP contribution in [0.4, 0.5) is 11.4 Å². The van der Waals surface area contributed by atoms with E-state index in [4.69, 9.17) is 4.42 Å². The summed E-state index contributed by atoms with van der Waals surface area (Å²) in [5, 5.41) is 21.5. The van der Waals surface area contributed by atoms with Crippen LogP contribution in [0.5, 0.6) is 0 Å². The molecule has 1 amide bonds. The Morgan fingerprint density at radius 1 is 1.15 bits per heavy atom. The Hall–Kier alpha value is -2.47. The number of thioether (sulfide) groups is 1. The van der Waals surface area contributed by atoms with Crippen LogP contribution in [0.15, 0.2) is 58.2 Å². The first-order chi connectivity index (χ1) is 12.5. The number of aromatic nitrogens is 2. The van der Waals surface area contributed by atoms with Crippen LogP contribution in [-0.2, 0) is 4.79 Å². The monoisotopic (exact) mass is 482 g/mol. The molecule has 1 N–H and O–H groups in total. The maximum absolute atomic E-state index is 12.0. The summed E-state index contributed by atoms with van der Waals surface area (Å²) < 4.78 is 6.56. The molecule has 0 unspecified atom stereocenters. The van der Waals surface area contributed by atoms with Gasteiger partial charge in [0.25, 0.3) is 10.9 Å². The van der Waals surface area contributed by atoms with Gasteiger partial charge in [-0.15, -0.1) is 10.2 Å². The zero-order chi connectivity index (χ0) is 18.5. The number of benzene rings is 2. The lowest BCUT2D eigenvalue weighted by molar-refractivity contribution is -0.384. The molecule has 0 atom stereocenters. The van der Waals surface area contributed by atoms with E-state index in [1.807, 2.05) is 24.3 Å². The molecule has 0 radical (unpaired) electrons. The van der Waals surface area contributed by atoms with Gasteiger partial charge in [0.15, 0.2) is 0 Å². The number of hydrogen-bond donors (Lipinski definition) is 1. The molecular weight excluding hydrogens is 471 g/mol. The SMILES string of the molecule is O=C(CSc1nnc(-c2ccc([N+](=O)[O-])cc2)o1)Nc1ccc(I)cc1. The number of anilines is 1. The van der Waals surface area contributed by atoms with E-state index in [9.17, 15) is 14.9 Å². The fraction of sp³-hybridized carbons (Fsp3) is 0.0625. The Kier molecular flexibility index (Phi) is 5.83. The maximum atomic E-state index is 12.0. The minimum absolute atomic E-state index is 0.0184. The average molecular weight is 482 g/mol. The number of nitro benzene ring substituents is 1. The second-order valence-corrected chi connectivity index (χ2v) is 7.19. The molecule has 0 saturated carbocycles. The van der Waals surface area contributed by atoms with E-state index in [0.717, 1.165) is 15.3 Å². The molecular formula is C16H11IN4O4S. The highest BCUT2D eigenvalue weighted by atomic mass is 127. The number of carbonyl (C=O) groups excluding carboxylic acids is 1. The van der Waals surface area contributed by atoms with Crippen molar-refractivity contribution in [1.82, 2.24) is 10.2 Å². The van der Waals surface area contributed by atoms with E-state index in [-0.39, 0.29) is 28.5 Å². The summed E-state index contributed by atoms with van der Waals surface area (Å²) in [7, 11) is 0. The number of rotatable bonds is 6. The summed E-state index contributed by atoms with van der Waals surface area (Å²) in [6.07, 6.45) is 0. The lowest BCUT2D eigenvalue weighted by atomic mass is 10.2. The van der Waals surface area contributed by atoms with Crippen LogP contribution in [0.25, 0.3) is 11.5 Å². The molecule has 0 fully saturated rings. The van der Waals surface area contributed by atoms with E-state index in [1.165, 1.54) is 24.3 Å². The standard InChI is InChI=1S/C16H11IN4O4S/c17-11-3-5-12(6-4-11)18-14(22)9-26-16-20-19-15(25-16)10-1-7-13(8-2-10)21(23)24/h1-8H,9H2,(H,18,22). The molecule has 1 heterocycles. The Labute approximate surface area is 165 Å². The summed E-state index contributed by atoms with van der Waals surface area (Å²) in [5.74, 6) is 0.167. The minimum Gasteiger partial charge on any atom is -0.411 e. The number of carbonyl (C=O) groups is 1. The highest BCUT2D eigenvalue weighted by molar-refractivity contribution is 14.1. The molecule has 0 aliphatic heterocycles. The molecule has 0 saturated heterocycles. The smallest absolute Gasteiger partial charge is 0.277 e. The van der Waals surface area contributed by atoms with Crippen molar-refractivity contribution in [3.8, 4) is 11.5 Å². The number of non-ortho nitro benzene ring substituents is 1. The van der Waals surface area contributed by atoms with Gasteiger partial charge in [0.2, 0.25) is 11.8 Å². The van der Waals surface area contributed by atoms with Crippen LogP contribution >= 0.6 is 34.4 Å². The molecule has 1 aromatic heterocycles. The topological polar surface area (TPSA) is 111 Å². The van der Waals surface area contributed by atoms with Crippen LogP contribution < -0.4 is 5.32 Å². The second kappa shape index (κ2) is 8.27. The zero-order valence-electron chi connectivity index (χ0n) is 13.1. The van der Waals surface area contributed by atoms with E-state index in [2.05, 4.69) is 38.1 Å². The zero-order valence-corrected chi connectivity index (χ0v) is 16.1. The van der Waals surface area contributed by atoms with Crippen molar-refractivity contribution in [2.75, 3.05) is 11.1 Å². The fourth-order valence-electron chi connectivity index (χ4n) is 1.97. The average Bonchev–Trinajstić information content (AvgIpc) is 3.11. The van der Waals surface area contributed by atoms with Crippen molar-refractivity contribution in [3.63, 3.8) is 0 Å². The predicted octanol–water partition coefficient (Wildman–Crippen LogP) is 3.98. The van der Waals surface area contributed by atoms with Crippen molar-refractivity contribution >= 4 is 51.6 Å². The summed E-state index contributed by atoms with van der Waals surface area (Å²) in [6.45, 7) is 0. The molecule has 0 bridgehead atoms. The summed E-state index contributed by atoms with van der Waals surface area (Å²) in [4.78, 5) is 22.1. The van der Waals surface area contributed by atoms with Gasteiger partial charge in [0, 0.05) is 27.0 Å². The van der Waals surface area contributed by atoms with Crippen molar-refractivity contribution in [1.29, 1.82) is 0 Å². The van der Waals surface area contributed by atoms with Crippen LogP contribution in [0, 0.1) is 13.7 Å². The lowest BCUT2D eigenvalue weighted by Gasteiger charge is -2.03. The molecule has 3 rings (SSSR count). The minimum atomic E-state index is -0.481. The summed E-state index contributed by atoms with van der Waals surface area (Å²) in [5.41, 5.74) is 1.27. The first-order valence-electron chi connectivity index (χ1n) is 7.28. The molecule has 8 nitrogen and oxygen atoms in total. The van der Waals surface area contributed by atoms with Gasteiger partial charge in [-0.05, 0) is 59.0 Å². The summed E-state index contributed by atoms with van der Waals surface area (Å²) >= 11 is 3.30. The van der Waals surface area contributed by atoms with Crippen LogP contribution in [0.2, 0.25) is 0 Å². The maximum Gasteiger partial charge on any atom is 0.277 e. The highest BCUT2D eigenvalue weighted by Crippen LogP contribution is 2.25. The fourth-order valence-corrected chi connectivity index (χ4v) is 2.89. The largest absolute Gasteiger partial charge is 0.411 e. The third kappa shape index (κ3) is 4.79. The van der Waals surface area contributed by atoms with Crippen molar-refractivity contribution in [2.24, 2.45) is 0 Å². The van der Waals surface area contributed by atoms with Crippen molar-refractivity contribution in [2.45, 2.75) is 5.22 Å². The number of amides is 1. The van der Waals surface area contributed by atoms with Crippen LogP contribution in [0.3, 0.4) is 0 Å². The first-order valence-corrected chi connectivity index (χ1v) is 9.34. The second-order valence-electron chi connectivity index (χ2n) is 5.02.